The number of rotatable bonds is 9. The summed E-state index contributed by atoms with van der Waals surface area (Å²) in [6, 6.07) is 17.0. The van der Waals surface area contributed by atoms with Crippen LogP contribution in [0.5, 0.6) is 5.75 Å². The highest BCUT2D eigenvalue weighted by Gasteiger charge is 2.19. The molecule has 1 aliphatic rings. The first-order valence-electron chi connectivity index (χ1n) is 11.3. The second-order valence-corrected chi connectivity index (χ2v) is 8.04. The van der Waals surface area contributed by atoms with E-state index >= 15 is 0 Å². The highest BCUT2D eigenvalue weighted by atomic mass is 16.5. The van der Waals surface area contributed by atoms with E-state index in [1.54, 1.807) is 19.1 Å². The Bertz CT molecular complexity index is 1270. The lowest BCUT2D eigenvalue weighted by Gasteiger charge is -2.14. The predicted octanol–water partition coefficient (Wildman–Crippen LogP) is 3.84. The van der Waals surface area contributed by atoms with Gasteiger partial charge < -0.3 is 19.6 Å². The van der Waals surface area contributed by atoms with E-state index in [-0.39, 0.29) is 30.0 Å². The second-order valence-electron chi connectivity index (χ2n) is 8.04. The fourth-order valence-corrected chi connectivity index (χ4v) is 3.72. The highest BCUT2D eigenvalue weighted by molar-refractivity contribution is 6.09. The molecule has 8 heteroatoms. The van der Waals surface area contributed by atoms with Crippen molar-refractivity contribution in [2.75, 3.05) is 6.61 Å². The average Bonchev–Trinajstić information content (AvgIpc) is 3.27. The van der Waals surface area contributed by atoms with Crippen molar-refractivity contribution in [1.82, 2.24) is 4.90 Å². The number of hydrogen-bond acceptors (Lipinski definition) is 8. The van der Waals surface area contributed by atoms with Crippen molar-refractivity contribution in [3.8, 4) is 5.75 Å². The summed E-state index contributed by atoms with van der Waals surface area (Å²) in [6.07, 6.45) is 3.89. The van der Waals surface area contributed by atoms with Gasteiger partial charge in [0, 0.05) is 31.6 Å². The van der Waals surface area contributed by atoms with E-state index in [0.717, 1.165) is 24.9 Å². The summed E-state index contributed by atoms with van der Waals surface area (Å²) in [7, 11) is 0. The molecule has 1 aromatic heterocycles. The van der Waals surface area contributed by atoms with Gasteiger partial charge >= 0.3 is 5.97 Å². The molecule has 0 amide bonds. The summed E-state index contributed by atoms with van der Waals surface area (Å²) < 4.78 is 16.2. The van der Waals surface area contributed by atoms with Crippen LogP contribution in [0.1, 0.15) is 29.4 Å². The van der Waals surface area contributed by atoms with E-state index in [1.807, 2.05) is 24.3 Å². The van der Waals surface area contributed by atoms with Crippen molar-refractivity contribution in [2.24, 2.45) is 10.7 Å². The molecule has 0 saturated carbocycles. The van der Waals surface area contributed by atoms with Crippen LogP contribution in [0.4, 0.5) is 5.69 Å². The van der Waals surface area contributed by atoms with Gasteiger partial charge in [-0.1, -0.05) is 36.4 Å². The monoisotopic (exact) mass is 473 g/mol. The van der Waals surface area contributed by atoms with Crippen LogP contribution in [-0.2, 0) is 35.8 Å². The molecule has 0 unspecified atom stereocenters. The van der Waals surface area contributed by atoms with Gasteiger partial charge in [0.2, 0.25) is 11.2 Å². The Morgan fingerprint density at radius 2 is 1.86 bits per heavy atom. The number of hydrogen-bond donors (Lipinski definition) is 1. The first-order chi connectivity index (χ1) is 17.1. The van der Waals surface area contributed by atoms with Crippen LogP contribution in [0.2, 0.25) is 0 Å². The molecule has 0 saturated heterocycles. The fraction of sp³-hybridized carbons (Fsp3) is 0.222. The number of carbonyl (C=O) groups excluding carboxylic acids is 1. The molecule has 0 radical (unpaired) electrons. The lowest BCUT2D eigenvalue weighted by Crippen LogP contribution is -2.17. The molecule has 0 aliphatic carbocycles. The number of fused-ring (bicyclic) bond motifs is 1. The van der Waals surface area contributed by atoms with Crippen molar-refractivity contribution in [3.63, 3.8) is 0 Å². The standard InChI is InChI=1S/C27H27N3O5/c1-2-33-27(32)22(12-28)13-29-23-9-7-19(8-10-23)17-35-26-18-34-24(11-25(26)31)16-30-14-20-5-3-4-6-21(20)15-30/h3-13,18H,2,14-17,28H2,1H3. The van der Waals surface area contributed by atoms with Crippen LogP contribution in [0.15, 0.2) is 86.8 Å². The van der Waals surface area contributed by atoms with Crippen LogP contribution >= 0.6 is 0 Å². The minimum Gasteiger partial charge on any atom is -0.482 e. The van der Waals surface area contributed by atoms with Crippen molar-refractivity contribution in [1.29, 1.82) is 0 Å². The molecule has 1 aliphatic heterocycles. The number of ether oxygens (including phenoxy) is 2. The third kappa shape index (κ3) is 6.24. The number of benzene rings is 2. The van der Waals surface area contributed by atoms with E-state index in [9.17, 15) is 9.59 Å². The number of carbonyl (C=O) groups is 1. The maximum absolute atomic E-state index is 12.5. The third-order valence-corrected chi connectivity index (χ3v) is 5.51. The molecule has 3 aromatic rings. The summed E-state index contributed by atoms with van der Waals surface area (Å²) in [6.45, 7) is 4.41. The summed E-state index contributed by atoms with van der Waals surface area (Å²) >= 11 is 0. The summed E-state index contributed by atoms with van der Waals surface area (Å²) in [4.78, 5) is 30.7. The molecule has 8 nitrogen and oxygen atoms in total. The fourth-order valence-electron chi connectivity index (χ4n) is 3.72. The van der Waals surface area contributed by atoms with Crippen LogP contribution in [0.25, 0.3) is 0 Å². The zero-order chi connectivity index (χ0) is 24.6. The molecule has 0 spiro atoms. The molecule has 2 aromatic carbocycles. The zero-order valence-corrected chi connectivity index (χ0v) is 19.5. The van der Waals surface area contributed by atoms with E-state index in [4.69, 9.17) is 19.6 Å². The first kappa shape index (κ1) is 24.0. The zero-order valence-electron chi connectivity index (χ0n) is 19.5. The third-order valence-electron chi connectivity index (χ3n) is 5.51. The van der Waals surface area contributed by atoms with Crippen molar-refractivity contribution in [3.05, 3.63) is 105 Å². The highest BCUT2D eigenvalue weighted by Crippen LogP contribution is 2.24. The Hall–Kier alpha value is -4.17. The Morgan fingerprint density at radius 1 is 1.14 bits per heavy atom. The van der Waals surface area contributed by atoms with Crippen molar-refractivity contribution >= 4 is 17.9 Å². The Labute approximate surface area is 203 Å². The Kier molecular flexibility index (Phi) is 7.74. The first-order valence-corrected chi connectivity index (χ1v) is 11.3. The quantitative estimate of drug-likeness (QED) is 0.286. The smallest absolute Gasteiger partial charge is 0.341 e. The maximum Gasteiger partial charge on any atom is 0.341 e. The summed E-state index contributed by atoms with van der Waals surface area (Å²) in [5.41, 5.74) is 9.51. The van der Waals surface area contributed by atoms with Crippen molar-refractivity contribution in [2.45, 2.75) is 33.2 Å². The molecule has 2 heterocycles. The van der Waals surface area contributed by atoms with Gasteiger partial charge in [0.1, 0.15) is 18.6 Å². The normalized spacial score (nSPS) is 13.7. The molecule has 180 valence electrons. The lowest BCUT2D eigenvalue weighted by atomic mass is 10.1. The Morgan fingerprint density at radius 3 is 2.49 bits per heavy atom. The lowest BCUT2D eigenvalue weighted by molar-refractivity contribution is -0.137. The van der Waals surface area contributed by atoms with Crippen LogP contribution in [0.3, 0.4) is 0 Å². The van der Waals surface area contributed by atoms with E-state index in [2.05, 4.69) is 22.0 Å². The topological polar surface area (TPSA) is 107 Å². The van der Waals surface area contributed by atoms with Crippen LogP contribution in [0, 0.1) is 0 Å². The molecule has 0 bridgehead atoms. The van der Waals surface area contributed by atoms with E-state index in [0.29, 0.717) is 18.0 Å². The van der Waals surface area contributed by atoms with Gasteiger partial charge in [-0.3, -0.25) is 14.7 Å². The van der Waals surface area contributed by atoms with Gasteiger partial charge in [-0.25, -0.2) is 4.79 Å². The van der Waals surface area contributed by atoms with Gasteiger partial charge in [-0.15, -0.1) is 0 Å². The molecule has 0 fully saturated rings. The minimum atomic E-state index is -0.529. The molecule has 4 rings (SSSR count). The molecular formula is C27H27N3O5. The van der Waals surface area contributed by atoms with Gasteiger partial charge in [-0.05, 0) is 35.7 Å². The van der Waals surface area contributed by atoms with Gasteiger partial charge in [0.05, 0.1) is 24.4 Å². The SMILES string of the molecule is CCOC(=O)C(C=Nc1ccc(COc2coc(CN3Cc4ccccc4C3)cc2=O)cc1)=CN. The van der Waals surface area contributed by atoms with Crippen LogP contribution < -0.4 is 15.9 Å². The maximum atomic E-state index is 12.5. The van der Waals surface area contributed by atoms with Gasteiger partial charge in [0.25, 0.3) is 0 Å². The summed E-state index contributed by atoms with van der Waals surface area (Å²) in [5, 5.41) is 0. The molecular weight excluding hydrogens is 446 g/mol. The molecule has 35 heavy (non-hydrogen) atoms. The number of nitrogens with zero attached hydrogens (tertiary/aromatic N) is 2. The second kappa shape index (κ2) is 11.3. The van der Waals surface area contributed by atoms with E-state index in [1.165, 1.54) is 29.7 Å². The average molecular weight is 474 g/mol. The van der Waals surface area contributed by atoms with Crippen LogP contribution in [-0.4, -0.2) is 23.7 Å². The minimum absolute atomic E-state index is 0.160. The predicted molar refractivity (Wildman–Crippen MR) is 132 cm³/mol. The Balaban J connectivity index is 1.30. The van der Waals surface area contributed by atoms with Gasteiger partial charge in [-0.2, -0.15) is 0 Å². The largest absolute Gasteiger partial charge is 0.482 e. The van der Waals surface area contributed by atoms with E-state index < -0.39 is 5.97 Å². The van der Waals surface area contributed by atoms with Crippen molar-refractivity contribution < 1.29 is 18.7 Å². The number of esters is 1. The molecule has 0 atom stereocenters. The number of nitrogens with two attached hydrogens (primary N) is 1. The molecule has 2 N–H and O–H groups in total. The summed E-state index contributed by atoms with van der Waals surface area (Å²) in [5.74, 6) is 0.234. The number of aliphatic imine (C=N–C) groups is 1. The van der Waals surface area contributed by atoms with Gasteiger partial charge in [0.15, 0.2) is 0 Å².